The Morgan fingerprint density at radius 2 is 2.19 bits per heavy atom. The highest BCUT2D eigenvalue weighted by Gasteiger charge is 2.24. The maximum atomic E-state index is 12.4. The standard InChI is InChI=1S/C19H23N5O2S/c1-3-26-15-5-4-6-16-17(15)22-19(27-16)24-9-7-13(8-10-24)21-18(25)14-11-20-12-23(14)2/h4-6,11-13H,3,7-10H2,1-2H3,(H,21,25). The van der Waals surface area contributed by atoms with Crippen LogP contribution in [0.25, 0.3) is 10.2 Å². The molecule has 0 radical (unpaired) electrons. The van der Waals surface area contributed by atoms with Gasteiger partial charge in [-0.25, -0.2) is 9.97 Å². The second kappa shape index (κ2) is 7.56. The van der Waals surface area contributed by atoms with Crippen LogP contribution in [0, 0.1) is 0 Å². The van der Waals surface area contributed by atoms with Gasteiger partial charge in [0.15, 0.2) is 5.13 Å². The molecule has 27 heavy (non-hydrogen) atoms. The third-order valence-electron chi connectivity index (χ3n) is 4.82. The fourth-order valence-electron chi connectivity index (χ4n) is 3.37. The summed E-state index contributed by atoms with van der Waals surface area (Å²) in [7, 11) is 1.83. The van der Waals surface area contributed by atoms with Gasteiger partial charge in [-0.05, 0) is 31.9 Å². The Morgan fingerprint density at radius 1 is 1.37 bits per heavy atom. The highest BCUT2D eigenvalue weighted by molar-refractivity contribution is 7.22. The fourth-order valence-corrected chi connectivity index (χ4v) is 4.40. The number of fused-ring (bicyclic) bond motifs is 1. The first-order valence-corrected chi connectivity index (χ1v) is 10.0. The number of amides is 1. The maximum absolute atomic E-state index is 12.4. The SMILES string of the molecule is CCOc1cccc2sc(N3CCC(NC(=O)c4cncn4C)CC3)nc12. The van der Waals surface area contributed by atoms with Crippen molar-refractivity contribution in [3.05, 3.63) is 36.4 Å². The molecule has 0 saturated carbocycles. The lowest BCUT2D eigenvalue weighted by Crippen LogP contribution is -2.45. The van der Waals surface area contributed by atoms with Crippen LogP contribution >= 0.6 is 11.3 Å². The highest BCUT2D eigenvalue weighted by Crippen LogP contribution is 2.35. The number of nitrogens with one attached hydrogen (secondary N) is 1. The Hall–Kier alpha value is -2.61. The summed E-state index contributed by atoms with van der Waals surface area (Å²) in [5.41, 5.74) is 1.53. The van der Waals surface area contributed by atoms with Crippen molar-refractivity contribution in [2.75, 3.05) is 24.6 Å². The summed E-state index contributed by atoms with van der Waals surface area (Å²) in [5, 5.41) is 4.14. The molecule has 1 fully saturated rings. The number of aryl methyl sites for hydroxylation is 1. The molecular formula is C19H23N5O2S. The number of aromatic nitrogens is 3. The molecule has 0 aliphatic carbocycles. The average Bonchev–Trinajstić information content (AvgIpc) is 3.29. The molecule has 1 N–H and O–H groups in total. The van der Waals surface area contributed by atoms with Gasteiger partial charge in [0.25, 0.3) is 5.91 Å². The number of hydrogen-bond donors (Lipinski definition) is 1. The molecular weight excluding hydrogens is 362 g/mol. The molecule has 8 heteroatoms. The molecule has 0 bridgehead atoms. The number of anilines is 1. The Morgan fingerprint density at radius 3 is 2.89 bits per heavy atom. The zero-order valence-electron chi connectivity index (χ0n) is 15.5. The summed E-state index contributed by atoms with van der Waals surface area (Å²) in [4.78, 5) is 23.5. The number of para-hydroxylation sites is 1. The summed E-state index contributed by atoms with van der Waals surface area (Å²) >= 11 is 1.69. The molecule has 3 aromatic rings. The van der Waals surface area contributed by atoms with E-state index >= 15 is 0 Å². The Labute approximate surface area is 162 Å². The van der Waals surface area contributed by atoms with Crippen LogP contribution in [0.3, 0.4) is 0 Å². The monoisotopic (exact) mass is 385 g/mol. The van der Waals surface area contributed by atoms with Crippen molar-refractivity contribution in [1.82, 2.24) is 19.9 Å². The molecule has 2 aromatic heterocycles. The van der Waals surface area contributed by atoms with Crippen LogP contribution in [0.2, 0.25) is 0 Å². The fraction of sp³-hybridized carbons (Fsp3) is 0.421. The number of thiazole rings is 1. The van der Waals surface area contributed by atoms with Crippen molar-refractivity contribution in [2.45, 2.75) is 25.8 Å². The summed E-state index contributed by atoms with van der Waals surface area (Å²) in [6.07, 6.45) is 5.04. The number of imidazole rings is 1. The van der Waals surface area contributed by atoms with Crippen LogP contribution in [-0.4, -0.2) is 46.2 Å². The predicted octanol–water partition coefficient (Wildman–Crippen LogP) is 2.83. The van der Waals surface area contributed by atoms with Gasteiger partial charge in [-0.2, -0.15) is 0 Å². The lowest BCUT2D eigenvalue weighted by Gasteiger charge is -2.32. The van der Waals surface area contributed by atoms with Crippen molar-refractivity contribution >= 4 is 32.6 Å². The van der Waals surface area contributed by atoms with Gasteiger partial charge in [-0.15, -0.1) is 0 Å². The molecule has 142 valence electrons. The molecule has 0 unspecified atom stereocenters. The molecule has 1 aromatic carbocycles. The van der Waals surface area contributed by atoms with E-state index in [4.69, 9.17) is 9.72 Å². The van der Waals surface area contributed by atoms with E-state index in [1.54, 1.807) is 28.4 Å². The lowest BCUT2D eigenvalue weighted by atomic mass is 10.1. The quantitative estimate of drug-likeness (QED) is 0.731. The average molecular weight is 385 g/mol. The Balaban J connectivity index is 1.40. The third kappa shape index (κ3) is 3.62. The van der Waals surface area contributed by atoms with Crippen LogP contribution in [0.4, 0.5) is 5.13 Å². The van der Waals surface area contributed by atoms with E-state index in [2.05, 4.69) is 21.3 Å². The van der Waals surface area contributed by atoms with Crippen molar-refractivity contribution in [3.8, 4) is 5.75 Å². The number of ether oxygens (including phenoxy) is 1. The minimum atomic E-state index is -0.0604. The van der Waals surface area contributed by atoms with Crippen LogP contribution in [0.1, 0.15) is 30.3 Å². The highest BCUT2D eigenvalue weighted by atomic mass is 32.1. The topological polar surface area (TPSA) is 72.3 Å². The van der Waals surface area contributed by atoms with E-state index < -0.39 is 0 Å². The number of hydrogen-bond acceptors (Lipinski definition) is 6. The van der Waals surface area contributed by atoms with Crippen LogP contribution in [-0.2, 0) is 7.05 Å². The molecule has 0 atom stereocenters. The summed E-state index contributed by atoms with van der Waals surface area (Å²) in [6.45, 7) is 4.37. The van der Waals surface area contributed by atoms with Gasteiger partial charge in [0.1, 0.15) is 17.0 Å². The van der Waals surface area contributed by atoms with E-state index in [0.717, 1.165) is 47.0 Å². The van der Waals surface area contributed by atoms with E-state index in [9.17, 15) is 4.79 Å². The summed E-state index contributed by atoms with van der Waals surface area (Å²) < 4.78 is 8.58. The number of carbonyl (C=O) groups is 1. The minimum Gasteiger partial charge on any atom is -0.492 e. The first-order chi connectivity index (χ1) is 13.2. The van der Waals surface area contributed by atoms with Crippen molar-refractivity contribution in [2.24, 2.45) is 7.05 Å². The van der Waals surface area contributed by atoms with E-state index in [1.165, 1.54) is 0 Å². The summed E-state index contributed by atoms with van der Waals surface area (Å²) in [5.74, 6) is 0.783. The van der Waals surface area contributed by atoms with Gasteiger partial charge < -0.3 is 19.5 Å². The molecule has 1 amide bonds. The Kier molecular flexibility index (Phi) is 4.98. The van der Waals surface area contributed by atoms with Crippen molar-refractivity contribution in [1.29, 1.82) is 0 Å². The van der Waals surface area contributed by atoms with Gasteiger partial charge in [-0.1, -0.05) is 17.4 Å². The van der Waals surface area contributed by atoms with Gasteiger partial charge in [0.2, 0.25) is 0 Å². The third-order valence-corrected chi connectivity index (χ3v) is 5.90. The number of carbonyl (C=O) groups excluding carboxylic acids is 1. The van der Waals surface area contributed by atoms with Crippen molar-refractivity contribution < 1.29 is 9.53 Å². The molecule has 7 nitrogen and oxygen atoms in total. The number of piperidine rings is 1. The molecule has 1 saturated heterocycles. The number of nitrogens with zero attached hydrogens (tertiary/aromatic N) is 4. The first kappa shape index (κ1) is 17.8. The van der Waals surface area contributed by atoms with Crippen LogP contribution in [0.5, 0.6) is 5.75 Å². The predicted molar refractivity (Wildman–Crippen MR) is 107 cm³/mol. The van der Waals surface area contributed by atoms with E-state index in [1.807, 2.05) is 26.1 Å². The van der Waals surface area contributed by atoms with E-state index in [0.29, 0.717) is 12.3 Å². The summed E-state index contributed by atoms with van der Waals surface area (Å²) in [6, 6.07) is 6.24. The molecule has 1 aliphatic heterocycles. The Bertz CT molecular complexity index is 943. The zero-order chi connectivity index (χ0) is 18.8. The lowest BCUT2D eigenvalue weighted by molar-refractivity contribution is 0.0923. The van der Waals surface area contributed by atoms with Crippen LogP contribution < -0.4 is 15.0 Å². The van der Waals surface area contributed by atoms with Gasteiger partial charge in [0, 0.05) is 26.2 Å². The second-order valence-corrected chi connectivity index (χ2v) is 7.67. The van der Waals surface area contributed by atoms with Gasteiger partial charge >= 0.3 is 0 Å². The van der Waals surface area contributed by atoms with Gasteiger partial charge in [0.05, 0.1) is 23.8 Å². The second-order valence-electron chi connectivity index (χ2n) is 6.66. The minimum absolute atomic E-state index is 0.0604. The zero-order valence-corrected chi connectivity index (χ0v) is 16.3. The normalized spacial score (nSPS) is 15.3. The molecule has 0 spiro atoms. The number of rotatable bonds is 5. The largest absolute Gasteiger partial charge is 0.492 e. The van der Waals surface area contributed by atoms with E-state index in [-0.39, 0.29) is 11.9 Å². The van der Waals surface area contributed by atoms with Crippen LogP contribution in [0.15, 0.2) is 30.7 Å². The molecule has 1 aliphatic rings. The number of benzene rings is 1. The molecule has 3 heterocycles. The van der Waals surface area contributed by atoms with Crippen molar-refractivity contribution in [3.63, 3.8) is 0 Å². The first-order valence-electron chi connectivity index (χ1n) is 9.20. The smallest absolute Gasteiger partial charge is 0.269 e. The molecule has 4 rings (SSSR count). The van der Waals surface area contributed by atoms with Gasteiger partial charge in [-0.3, -0.25) is 4.79 Å². The maximum Gasteiger partial charge on any atom is 0.269 e.